The van der Waals surface area contributed by atoms with Crippen LogP contribution in [0.4, 0.5) is 0 Å². The predicted octanol–water partition coefficient (Wildman–Crippen LogP) is 4.85. The molecule has 1 N–H and O–H groups in total. The molecule has 1 fully saturated rings. The highest BCUT2D eigenvalue weighted by Crippen LogP contribution is 2.22. The molecule has 1 aliphatic heterocycles. The molecule has 0 bridgehead atoms. The zero-order chi connectivity index (χ0) is 22.7. The molecule has 1 saturated heterocycles. The third kappa shape index (κ3) is 7.18. The van der Waals surface area contributed by atoms with Crippen LogP contribution in [0, 0.1) is 11.8 Å². The maximum absolute atomic E-state index is 5.41. The molecule has 4 rings (SSSR count). The first kappa shape index (κ1) is 23.0. The van der Waals surface area contributed by atoms with Gasteiger partial charge in [0.1, 0.15) is 5.75 Å². The van der Waals surface area contributed by atoms with Gasteiger partial charge in [-0.25, -0.2) is 0 Å². The van der Waals surface area contributed by atoms with Crippen LogP contribution in [0.1, 0.15) is 47.4 Å². The average Bonchev–Trinajstić information content (AvgIpc) is 2.87. The van der Waals surface area contributed by atoms with Crippen LogP contribution in [0.25, 0.3) is 0 Å². The molecule has 4 nitrogen and oxygen atoms in total. The largest absolute Gasteiger partial charge is 0.497 e. The first-order valence-electron chi connectivity index (χ1n) is 11.9. The second kappa shape index (κ2) is 12.2. The van der Waals surface area contributed by atoms with E-state index in [0.717, 1.165) is 56.0 Å². The molecule has 33 heavy (non-hydrogen) atoms. The second-order valence-electron chi connectivity index (χ2n) is 8.64. The summed E-state index contributed by atoms with van der Waals surface area (Å²) in [6.07, 6.45) is 7.14. The van der Waals surface area contributed by atoms with E-state index in [-0.39, 0.29) is 0 Å². The van der Waals surface area contributed by atoms with Gasteiger partial charge in [0.25, 0.3) is 0 Å². The zero-order valence-corrected chi connectivity index (χ0v) is 19.5. The van der Waals surface area contributed by atoms with Crippen molar-refractivity contribution < 1.29 is 4.74 Å². The predicted molar refractivity (Wildman–Crippen MR) is 134 cm³/mol. The molecule has 1 unspecified atom stereocenters. The SMILES string of the molecule is COc1cccc(CN2CCCCNCC(c3ccc(C#Cc4cccnc4)cc3)CC2)c1. The Balaban J connectivity index is 1.41. The highest BCUT2D eigenvalue weighted by atomic mass is 16.5. The van der Waals surface area contributed by atoms with Crippen molar-refractivity contribution in [3.63, 3.8) is 0 Å². The Morgan fingerprint density at radius 1 is 1.00 bits per heavy atom. The van der Waals surface area contributed by atoms with Gasteiger partial charge >= 0.3 is 0 Å². The molecule has 2 aromatic carbocycles. The van der Waals surface area contributed by atoms with E-state index in [1.165, 1.54) is 24.0 Å². The fourth-order valence-corrected chi connectivity index (χ4v) is 4.31. The van der Waals surface area contributed by atoms with Gasteiger partial charge < -0.3 is 10.1 Å². The molecule has 2 heterocycles. The lowest BCUT2D eigenvalue weighted by Gasteiger charge is -2.27. The van der Waals surface area contributed by atoms with Gasteiger partial charge in [-0.1, -0.05) is 36.1 Å². The molecule has 170 valence electrons. The number of methoxy groups -OCH3 is 1. The molecular weight excluding hydrogens is 406 g/mol. The van der Waals surface area contributed by atoms with Crippen LogP contribution in [-0.2, 0) is 6.54 Å². The van der Waals surface area contributed by atoms with E-state index in [9.17, 15) is 0 Å². The molecular formula is C29H33N3O. The Morgan fingerprint density at radius 2 is 1.88 bits per heavy atom. The quantitative estimate of drug-likeness (QED) is 0.590. The van der Waals surface area contributed by atoms with E-state index < -0.39 is 0 Å². The molecule has 0 spiro atoms. The third-order valence-electron chi connectivity index (χ3n) is 6.20. The summed E-state index contributed by atoms with van der Waals surface area (Å²) in [4.78, 5) is 6.72. The minimum atomic E-state index is 0.497. The summed E-state index contributed by atoms with van der Waals surface area (Å²) in [5.74, 6) is 7.87. The van der Waals surface area contributed by atoms with Gasteiger partial charge in [0, 0.05) is 36.6 Å². The van der Waals surface area contributed by atoms with E-state index in [4.69, 9.17) is 4.74 Å². The van der Waals surface area contributed by atoms with E-state index in [0.29, 0.717) is 5.92 Å². The number of ether oxygens (including phenoxy) is 1. The summed E-state index contributed by atoms with van der Waals surface area (Å²) in [6.45, 7) is 5.30. The minimum absolute atomic E-state index is 0.497. The standard InChI is InChI=1S/C29H33N3O/c1-33-29-8-4-6-26(20-29)23-32-18-3-2-16-31-22-28(15-19-32)27-13-11-24(12-14-27)9-10-25-7-5-17-30-21-25/h4-8,11-14,17,20-21,28,31H,2-3,15-16,18-19,22-23H2,1H3. The van der Waals surface area contributed by atoms with Gasteiger partial charge in [-0.2, -0.15) is 0 Å². The number of benzene rings is 2. The van der Waals surface area contributed by atoms with Crippen LogP contribution < -0.4 is 10.1 Å². The summed E-state index contributed by atoms with van der Waals surface area (Å²) < 4.78 is 5.41. The minimum Gasteiger partial charge on any atom is -0.497 e. The number of aromatic nitrogens is 1. The van der Waals surface area contributed by atoms with Gasteiger partial charge in [-0.05, 0) is 92.3 Å². The van der Waals surface area contributed by atoms with E-state index in [1.54, 1.807) is 19.5 Å². The van der Waals surface area contributed by atoms with Gasteiger partial charge in [0.2, 0.25) is 0 Å². The molecule has 1 aromatic heterocycles. The van der Waals surface area contributed by atoms with Gasteiger partial charge in [0.05, 0.1) is 7.11 Å². The van der Waals surface area contributed by atoms with Crippen molar-refractivity contribution in [1.29, 1.82) is 0 Å². The van der Waals surface area contributed by atoms with E-state index in [1.807, 2.05) is 18.2 Å². The molecule has 4 heteroatoms. The summed E-state index contributed by atoms with van der Waals surface area (Å²) in [7, 11) is 1.73. The summed E-state index contributed by atoms with van der Waals surface area (Å²) in [5.41, 5.74) is 4.68. The number of pyridine rings is 1. The topological polar surface area (TPSA) is 37.4 Å². The van der Waals surface area contributed by atoms with Crippen LogP contribution in [-0.4, -0.2) is 43.2 Å². The normalized spacial score (nSPS) is 17.5. The smallest absolute Gasteiger partial charge is 0.119 e. The Kier molecular flexibility index (Phi) is 8.52. The van der Waals surface area contributed by atoms with Crippen molar-refractivity contribution in [3.05, 3.63) is 95.3 Å². The molecule has 1 aliphatic rings. The highest BCUT2D eigenvalue weighted by molar-refractivity contribution is 5.42. The number of rotatable bonds is 4. The lowest BCUT2D eigenvalue weighted by molar-refractivity contribution is 0.242. The maximum Gasteiger partial charge on any atom is 0.119 e. The van der Waals surface area contributed by atoms with Crippen LogP contribution >= 0.6 is 0 Å². The molecule has 0 amide bonds. The van der Waals surface area contributed by atoms with Crippen LogP contribution in [0.5, 0.6) is 5.75 Å². The lowest BCUT2D eigenvalue weighted by Crippen LogP contribution is -2.32. The van der Waals surface area contributed by atoms with Crippen LogP contribution in [0.3, 0.4) is 0 Å². The fourth-order valence-electron chi connectivity index (χ4n) is 4.31. The summed E-state index contributed by atoms with van der Waals surface area (Å²) >= 11 is 0. The highest BCUT2D eigenvalue weighted by Gasteiger charge is 2.16. The summed E-state index contributed by atoms with van der Waals surface area (Å²) in [6, 6.07) is 21.1. The number of hydrogen-bond donors (Lipinski definition) is 1. The van der Waals surface area contributed by atoms with Gasteiger partial charge in [0.15, 0.2) is 0 Å². The first-order valence-corrected chi connectivity index (χ1v) is 11.9. The molecule has 0 aliphatic carbocycles. The average molecular weight is 440 g/mol. The van der Waals surface area contributed by atoms with Crippen LogP contribution in [0.2, 0.25) is 0 Å². The van der Waals surface area contributed by atoms with Crippen molar-refractivity contribution >= 4 is 0 Å². The number of nitrogens with zero attached hydrogens (tertiary/aromatic N) is 2. The zero-order valence-electron chi connectivity index (χ0n) is 19.5. The van der Waals surface area contributed by atoms with Crippen molar-refractivity contribution in [3.8, 4) is 17.6 Å². The Morgan fingerprint density at radius 3 is 2.70 bits per heavy atom. The van der Waals surface area contributed by atoms with Gasteiger partial charge in [-0.15, -0.1) is 0 Å². The van der Waals surface area contributed by atoms with E-state index >= 15 is 0 Å². The molecule has 1 atom stereocenters. The Hall–Kier alpha value is -3.13. The fraction of sp³-hybridized carbons (Fsp3) is 0.345. The van der Waals surface area contributed by atoms with E-state index in [2.05, 4.69) is 69.5 Å². The Labute approximate surface area is 198 Å². The second-order valence-corrected chi connectivity index (χ2v) is 8.64. The summed E-state index contributed by atoms with van der Waals surface area (Å²) in [5, 5.41) is 3.67. The molecule has 3 aromatic rings. The van der Waals surface area contributed by atoms with Crippen molar-refractivity contribution in [2.75, 3.05) is 33.3 Å². The maximum atomic E-state index is 5.41. The van der Waals surface area contributed by atoms with Crippen molar-refractivity contribution in [2.24, 2.45) is 0 Å². The number of nitrogens with one attached hydrogen (secondary N) is 1. The van der Waals surface area contributed by atoms with Crippen molar-refractivity contribution in [1.82, 2.24) is 15.2 Å². The lowest BCUT2D eigenvalue weighted by atomic mass is 9.94. The monoisotopic (exact) mass is 439 g/mol. The third-order valence-corrected chi connectivity index (χ3v) is 6.20. The van der Waals surface area contributed by atoms with Crippen LogP contribution in [0.15, 0.2) is 73.1 Å². The first-order chi connectivity index (χ1) is 16.3. The molecule has 0 saturated carbocycles. The molecule has 0 radical (unpaired) electrons. The van der Waals surface area contributed by atoms with Crippen molar-refractivity contribution in [2.45, 2.75) is 31.7 Å². The van der Waals surface area contributed by atoms with Gasteiger partial charge in [-0.3, -0.25) is 9.88 Å². The Bertz CT molecular complexity index is 1050. The number of hydrogen-bond acceptors (Lipinski definition) is 4.